The first-order chi connectivity index (χ1) is 19.6. The van der Waals surface area contributed by atoms with E-state index in [1.807, 2.05) is 12.1 Å². The minimum Gasteiger partial charge on any atom is -0.195 e. The summed E-state index contributed by atoms with van der Waals surface area (Å²) in [6.45, 7) is 0. The van der Waals surface area contributed by atoms with E-state index in [1.54, 1.807) is 22.7 Å². The summed E-state index contributed by atoms with van der Waals surface area (Å²) in [7, 11) is 0. The molecule has 0 saturated heterocycles. The van der Waals surface area contributed by atoms with E-state index >= 15 is 0 Å². The summed E-state index contributed by atoms with van der Waals surface area (Å²) in [5, 5.41) is -0.320. The largest absolute Gasteiger partial charge is 0.195 e. The monoisotopic (exact) mass is 594 g/mol. The average Bonchev–Trinajstić information content (AvgIpc) is 3.81. The van der Waals surface area contributed by atoms with Crippen molar-refractivity contribution in [2.75, 3.05) is 0 Å². The Kier molecular flexibility index (Phi) is 6.77. The van der Waals surface area contributed by atoms with Crippen molar-refractivity contribution in [1.29, 1.82) is 0 Å². The van der Waals surface area contributed by atoms with Crippen molar-refractivity contribution in [3.63, 3.8) is 0 Å². The first-order valence-corrected chi connectivity index (χ1v) is 15.9. The SMILES string of the molecule is Fc1ccc(-c2ccc(-c3ccc(-c4ccc(-c5ccc(-c6ccc(-c7ccc(F)s7)cc6)s5)cc4)s3)cc2)s1. The van der Waals surface area contributed by atoms with E-state index in [9.17, 15) is 8.78 Å². The van der Waals surface area contributed by atoms with Gasteiger partial charge in [0.1, 0.15) is 0 Å². The van der Waals surface area contributed by atoms with Crippen LogP contribution in [0.5, 0.6) is 0 Å². The summed E-state index contributed by atoms with van der Waals surface area (Å²) in [6, 6.07) is 40.8. The fourth-order valence-electron chi connectivity index (χ4n) is 4.63. The van der Waals surface area contributed by atoms with Crippen LogP contribution in [0.15, 0.2) is 121 Å². The van der Waals surface area contributed by atoms with Gasteiger partial charge >= 0.3 is 0 Å². The molecular formula is C34H20F2S4. The maximum absolute atomic E-state index is 13.4. The predicted molar refractivity (Wildman–Crippen MR) is 170 cm³/mol. The van der Waals surface area contributed by atoms with Gasteiger partial charge in [0, 0.05) is 29.3 Å². The quantitative estimate of drug-likeness (QED) is 0.180. The fourth-order valence-corrected chi connectivity index (χ4v) is 8.14. The van der Waals surface area contributed by atoms with Crippen LogP contribution in [0.25, 0.3) is 62.6 Å². The van der Waals surface area contributed by atoms with Crippen molar-refractivity contribution in [2.45, 2.75) is 0 Å². The van der Waals surface area contributed by atoms with Gasteiger partial charge in [0.05, 0.1) is 0 Å². The van der Waals surface area contributed by atoms with Crippen LogP contribution >= 0.6 is 45.3 Å². The Labute approximate surface area is 247 Å². The van der Waals surface area contributed by atoms with Crippen molar-refractivity contribution >= 4 is 45.3 Å². The first-order valence-electron chi connectivity index (χ1n) is 12.6. The van der Waals surface area contributed by atoms with Gasteiger partial charge in [0.25, 0.3) is 0 Å². The molecule has 4 aromatic heterocycles. The Morgan fingerprint density at radius 3 is 0.650 bits per heavy atom. The standard InChI is InChI=1S/C34H20F2S4/c35-33-19-17-31(39-33)25-9-5-23(6-10-25)29-15-13-27(37-29)21-1-2-22(4-3-21)28-14-16-30(38-28)24-7-11-26(12-8-24)32-18-20-34(36)40-32/h1-20H. The van der Waals surface area contributed by atoms with Crippen LogP contribution < -0.4 is 0 Å². The second kappa shape index (κ2) is 10.7. The van der Waals surface area contributed by atoms with Gasteiger partial charge in [0.15, 0.2) is 10.3 Å². The smallest absolute Gasteiger partial charge is 0.176 e. The molecule has 0 bridgehead atoms. The number of thiophene rings is 4. The van der Waals surface area contributed by atoms with E-state index in [0.29, 0.717) is 0 Å². The minimum absolute atomic E-state index is 0.160. The molecule has 0 aliphatic heterocycles. The third-order valence-corrected chi connectivity index (χ3v) is 10.9. The number of halogens is 2. The summed E-state index contributed by atoms with van der Waals surface area (Å²) in [6.07, 6.45) is 0. The van der Waals surface area contributed by atoms with Crippen molar-refractivity contribution < 1.29 is 8.78 Å². The van der Waals surface area contributed by atoms with Gasteiger partial charge in [-0.2, -0.15) is 8.78 Å². The highest BCUT2D eigenvalue weighted by atomic mass is 32.1. The van der Waals surface area contributed by atoms with Gasteiger partial charge in [-0.25, -0.2) is 0 Å². The molecule has 0 saturated carbocycles. The molecule has 0 spiro atoms. The van der Waals surface area contributed by atoms with Crippen molar-refractivity contribution in [2.24, 2.45) is 0 Å². The molecule has 3 aromatic carbocycles. The Hall–Kier alpha value is -3.68. The summed E-state index contributed by atoms with van der Waals surface area (Å²) in [5.41, 5.74) is 6.79. The molecule has 0 aliphatic carbocycles. The molecule has 0 N–H and O–H groups in total. The van der Waals surface area contributed by atoms with Crippen LogP contribution in [-0.4, -0.2) is 0 Å². The third-order valence-electron chi connectivity index (χ3n) is 6.72. The molecule has 6 heteroatoms. The van der Waals surface area contributed by atoms with Gasteiger partial charge in [-0.1, -0.05) is 72.8 Å². The Morgan fingerprint density at radius 1 is 0.250 bits per heavy atom. The lowest BCUT2D eigenvalue weighted by molar-refractivity contribution is 0.657. The molecule has 0 unspecified atom stereocenters. The Morgan fingerprint density at radius 2 is 0.450 bits per heavy atom. The van der Waals surface area contributed by atoms with Crippen molar-refractivity contribution in [1.82, 2.24) is 0 Å². The first kappa shape index (κ1) is 25.3. The zero-order chi connectivity index (χ0) is 27.1. The predicted octanol–water partition coefficient (Wildman–Crippen LogP) is 12.2. The van der Waals surface area contributed by atoms with E-state index in [2.05, 4.69) is 97.1 Å². The summed E-state index contributed by atoms with van der Waals surface area (Å²) >= 11 is 5.89. The van der Waals surface area contributed by atoms with E-state index < -0.39 is 0 Å². The molecule has 0 aliphatic rings. The highest BCUT2D eigenvalue weighted by Crippen LogP contribution is 2.39. The normalized spacial score (nSPS) is 11.2. The third kappa shape index (κ3) is 5.11. The number of hydrogen-bond acceptors (Lipinski definition) is 4. The van der Waals surface area contributed by atoms with E-state index in [1.165, 1.54) is 65.4 Å². The Bertz CT molecular complexity index is 1760. The van der Waals surface area contributed by atoms with Crippen LogP contribution in [0.3, 0.4) is 0 Å². The van der Waals surface area contributed by atoms with Crippen LogP contribution in [0.2, 0.25) is 0 Å². The van der Waals surface area contributed by atoms with Gasteiger partial charge < -0.3 is 0 Å². The highest BCUT2D eigenvalue weighted by molar-refractivity contribution is 7.19. The fraction of sp³-hybridized carbons (Fsp3) is 0. The second-order valence-corrected chi connectivity index (χ2v) is 13.5. The number of hydrogen-bond donors (Lipinski definition) is 0. The zero-order valence-corrected chi connectivity index (χ0v) is 24.2. The topological polar surface area (TPSA) is 0 Å². The van der Waals surface area contributed by atoms with Crippen LogP contribution in [0.4, 0.5) is 8.78 Å². The second-order valence-electron chi connectivity index (χ2n) is 9.27. The summed E-state index contributed by atoms with van der Waals surface area (Å²) in [5.74, 6) is 0. The molecule has 0 nitrogen and oxygen atoms in total. The molecule has 0 amide bonds. The number of rotatable bonds is 6. The van der Waals surface area contributed by atoms with E-state index in [-0.39, 0.29) is 10.3 Å². The molecule has 7 aromatic rings. The van der Waals surface area contributed by atoms with Gasteiger partial charge in [-0.05, 0) is 81.9 Å². The molecule has 0 radical (unpaired) electrons. The Balaban J connectivity index is 1.06. The maximum atomic E-state index is 13.4. The molecule has 4 heterocycles. The molecular weight excluding hydrogens is 575 g/mol. The van der Waals surface area contributed by atoms with Gasteiger partial charge in [-0.15, -0.1) is 45.3 Å². The molecule has 0 fully saturated rings. The van der Waals surface area contributed by atoms with Crippen LogP contribution in [0, 0.1) is 10.3 Å². The average molecular weight is 595 g/mol. The van der Waals surface area contributed by atoms with Gasteiger partial charge in [0.2, 0.25) is 0 Å². The maximum Gasteiger partial charge on any atom is 0.176 e. The van der Waals surface area contributed by atoms with Crippen LogP contribution in [-0.2, 0) is 0 Å². The summed E-state index contributed by atoms with van der Waals surface area (Å²) < 4.78 is 26.8. The number of benzene rings is 3. The van der Waals surface area contributed by atoms with E-state index in [4.69, 9.17) is 0 Å². The molecule has 194 valence electrons. The zero-order valence-electron chi connectivity index (χ0n) is 20.9. The summed E-state index contributed by atoms with van der Waals surface area (Å²) in [4.78, 5) is 6.76. The molecule has 40 heavy (non-hydrogen) atoms. The van der Waals surface area contributed by atoms with Crippen LogP contribution in [0.1, 0.15) is 0 Å². The lowest BCUT2D eigenvalue weighted by Gasteiger charge is -2.03. The minimum atomic E-state index is -0.160. The van der Waals surface area contributed by atoms with Crippen molar-refractivity contribution in [3.8, 4) is 62.6 Å². The van der Waals surface area contributed by atoms with E-state index in [0.717, 1.165) is 32.0 Å². The molecule has 7 rings (SSSR count). The highest BCUT2D eigenvalue weighted by Gasteiger charge is 2.10. The lowest BCUT2D eigenvalue weighted by Crippen LogP contribution is -1.75. The van der Waals surface area contributed by atoms with Crippen molar-refractivity contribution in [3.05, 3.63) is 132 Å². The lowest BCUT2D eigenvalue weighted by atomic mass is 10.1. The van der Waals surface area contributed by atoms with Gasteiger partial charge in [-0.3, -0.25) is 0 Å². The molecule has 0 atom stereocenters.